The lowest BCUT2D eigenvalue weighted by Gasteiger charge is -2.30. The average molecular weight is 369 g/mol. The van der Waals surface area contributed by atoms with Crippen LogP contribution in [0.1, 0.15) is 16.8 Å². The van der Waals surface area contributed by atoms with Crippen molar-refractivity contribution < 1.29 is 4.79 Å². The predicted molar refractivity (Wildman–Crippen MR) is 108 cm³/mol. The molecule has 138 valence electrons. The van der Waals surface area contributed by atoms with E-state index in [1.807, 2.05) is 36.6 Å². The third-order valence-corrected chi connectivity index (χ3v) is 5.23. The summed E-state index contributed by atoms with van der Waals surface area (Å²) in [4.78, 5) is 23.3. The van der Waals surface area contributed by atoms with Crippen molar-refractivity contribution in [1.82, 2.24) is 24.6 Å². The molecule has 6 nitrogen and oxygen atoms in total. The number of carbonyl (C=O) groups is 1. The minimum atomic E-state index is 0.0512. The number of aromatic nitrogens is 4. The van der Waals surface area contributed by atoms with Gasteiger partial charge in [-0.25, -0.2) is 0 Å². The van der Waals surface area contributed by atoms with E-state index < -0.39 is 0 Å². The largest absolute Gasteiger partial charge is 0.338 e. The molecule has 4 heterocycles. The second-order valence-electron chi connectivity index (χ2n) is 7.10. The molecule has 6 heteroatoms. The number of rotatable bonds is 3. The summed E-state index contributed by atoms with van der Waals surface area (Å²) in [7, 11) is 1.91. The Morgan fingerprint density at radius 2 is 1.75 bits per heavy atom. The van der Waals surface area contributed by atoms with Gasteiger partial charge in [0.15, 0.2) is 0 Å². The summed E-state index contributed by atoms with van der Waals surface area (Å²) < 4.78 is 1.79. The zero-order valence-electron chi connectivity index (χ0n) is 15.5. The van der Waals surface area contributed by atoms with Crippen molar-refractivity contribution in [2.45, 2.75) is 6.42 Å². The summed E-state index contributed by atoms with van der Waals surface area (Å²) in [5.74, 6) is 0.0512. The van der Waals surface area contributed by atoms with Crippen LogP contribution < -0.4 is 0 Å². The number of nitrogens with zero attached hydrogens (tertiary/aromatic N) is 5. The first-order chi connectivity index (χ1) is 13.7. The topological polar surface area (TPSA) is 63.9 Å². The van der Waals surface area contributed by atoms with Gasteiger partial charge in [0.05, 0.1) is 23.5 Å². The number of benzene rings is 1. The van der Waals surface area contributed by atoms with E-state index in [9.17, 15) is 4.79 Å². The van der Waals surface area contributed by atoms with E-state index in [1.165, 1.54) is 0 Å². The molecule has 1 aromatic carbocycles. The normalized spacial score (nSPS) is 13.5. The molecule has 1 amide bonds. The van der Waals surface area contributed by atoms with Crippen LogP contribution in [0.25, 0.3) is 33.2 Å². The quantitative estimate of drug-likeness (QED) is 0.554. The Bertz CT molecular complexity index is 1180. The maximum absolute atomic E-state index is 12.6. The van der Waals surface area contributed by atoms with Gasteiger partial charge in [0, 0.05) is 55.2 Å². The molecule has 0 atom stereocenters. The molecule has 0 saturated carbocycles. The molecule has 1 aliphatic heterocycles. The smallest absolute Gasteiger partial charge is 0.255 e. The van der Waals surface area contributed by atoms with Gasteiger partial charge >= 0.3 is 0 Å². The molecule has 5 rings (SSSR count). The minimum Gasteiger partial charge on any atom is -0.338 e. The van der Waals surface area contributed by atoms with Crippen LogP contribution in [0.4, 0.5) is 0 Å². The average Bonchev–Trinajstić information content (AvgIpc) is 3.12. The first-order valence-corrected chi connectivity index (χ1v) is 9.31. The Balaban J connectivity index is 1.55. The van der Waals surface area contributed by atoms with Crippen molar-refractivity contribution in [3.05, 3.63) is 66.9 Å². The molecule has 0 bridgehead atoms. The van der Waals surface area contributed by atoms with Crippen molar-refractivity contribution in [1.29, 1.82) is 0 Å². The Hall–Kier alpha value is -3.54. The molecule has 0 N–H and O–H groups in total. The lowest BCUT2D eigenvalue weighted by molar-refractivity contribution is 0.0651. The lowest BCUT2D eigenvalue weighted by atomic mass is 9.99. The molecular formula is C22H19N5O. The molecule has 3 aromatic heterocycles. The van der Waals surface area contributed by atoms with Gasteiger partial charge in [0.2, 0.25) is 0 Å². The molecule has 4 aromatic rings. The summed E-state index contributed by atoms with van der Waals surface area (Å²) >= 11 is 0. The first kappa shape index (κ1) is 16.6. The summed E-state index contributed by atoms with van der Waals surface area (Å²) in [6.07, 6.45) is 10.1. The number of likely N-dealkylation sites (tertiary alicyclic amines) is 1. The van der Waals surface area contributed by atoms with Crippen molar-refractivity contribution in [3.8, 4) is 22.3 Å². The molecule has 0 unspecified atom stereocenters. The van der Waals surface area contributed by atoms with Crippen LogP contribution in [0.3, 0.4) is 0 Å². The number of pyridine rings is 2. The second-order valence-corrected chi connectivity index (χ2v) is 7.10. The third kappa shape index (κ3) is 2.83. The Morgan fingerprint density at radius 1 is 0.964 bits per heavy atom. The van der Waals surface area contributed by atoms with Gasteiger partial charge < -0.3 is 4.90 Å². The monoisotopic (exact) mass is 369 g/mol. The Morgan fingerprint density at radius 3 is 2.43 bits per heavy atom. The highest BCUT2D eigenvalue weighted by Gasteiger charge is 2.22. The number of amides is 1. The molecular weight excluding hydrogens is 350 g/mol. The molecule has 1 fully saturated rings. The third-order valence-electron chi connectivity index (χ3n) is 5.23. The van der Waals surface area contributed by atoms with E-state index in [4.69, 9.17) is 0 Å². The van der Waals surface area contributed by atoms with Crippen molar-refractivity contribution in [2.75, 3.05) is 13.1 Å². The van der Waals surface area contributed by atoms with Crippen LogP contribution in [0.2, 0.25) is 0 Å². The van der Waals surface area contributed by atoms with Gasteiger partial charge in [-0.15, -0.1) is 0 Å². The van der Waals surface area contributed by atoms with Crippen LogP contribution >= 0.6 is 0 Å². The fourth-order valence-corrected chi connectivity index (χ4v) is 3.51. The fraction of sp³-hybridized carbons (Fsp3) is 0.182. The van der Waals surface area contributed by atoms with Crippen LogP contribution in [-0.4, -0.2) is 43.6 Å². The highest BCUT2D eigenvalue weighted by Crippen LogP contribution is 2.30. The number of hydrogen-bond acceptors (Lipinski definition) is 4. The van der Waals surface area contributed by atoms with Crippen molar-refractivity contribution in [2.24, 2.45) is 7.05 Å². The lowest BCUT2D eigenvalue weighted by Crippen LogP contribution is -2.42. The molecule has 1 saturated heterocycles. The fourth-order valence-electron chi connectivity index (χ4n) is 3.51. The predicted octanol–water partition coefficient (Wildman–Crippen LogP) is 3.54. The highest BCUT2D eigenvalue weighted by molar-refractivity contribution is 6.01. The summed E-state index contributed by atoms with van der Waals surface area (Å²) in [6, 6.07) is 10.2. The number of hydrogen-bond donors (Lipinski definition) is 0. The van der Waals surface area contributed by atoms with Crippen LogP contribution in [-0.2, 0) is 7.05 Å². The maximum Gasteiger partial charge on any atom is 0.255 e. The van der Waals surface area contributed by atoms with Gasteiger partial charge in [-0.2, -0.15) is 5.10 Å². The molecule has 0 radical (unpaired) electrons. The van der Waals surface area contributed by atoms with E-state index in [1.54, 1.807) is 17.1 Å². The van der Waals surface area contributed by atoms with E-state index in [-0.39, 0.29) is 5.91 Å². The second kappa shape index (κ2) is 6.56. The van der Waals surface area contributed by atoms with E-state index in [0.717, 1.165) is 52.7 Å². The van der Waals surface area contributed by atoms with Crippen LogP contribution in [0.15, 0.2) is 61.3 Å². The van der Waals surface area contributed by atoms with Gasteiger partial charge in [-0.3, -0.25) is 19.4 Å². The summed E-state index contributed by atoms with van der Waals surface area (Å²) in [5.41, 5.74) is 5.62. The van der Waals surface area contributed by atoms with E-state index in [0.29, 0.717) is 5.56 Å². The summed E-state index contributed by atoms with van der Waals surface area (Å²) in [5, 5.41) is 5.17. The Labute approximate surface area is 162 Å². The minimum absolute atomic E-state index is 0.0512. The maximum atomic E-state index is 12.6. The Kier molecular flexibility index (Phi) is 3.90. The number of carbonyl (C=O) groups excluding carboxylic acids is 1. The molecule has 0 spiro atoms. The van der Waals surface area contributed by atoms with Gasteiger partial charge in [0.25, 0.3) is 5.91 Å². The molecule has 1 aliphatic rings. The van der Waals surface area contributed by atoms with Crippen LogP contribution in [0, 0.1) is 0 Å². The first-order valence-electron chi connectivity index (χ1n) is 9.31. The SMILES string of the molecule is Cn1cc(-c2ccc(-c3cncc4ncc(C(=O)N5CCC5)cc34)cc2)cn1. The summed E-state index contributed by atoms with van der Waals surface area (Å²) in [6.45, 7) is 1.66. The van der Waals surface area contributed by atoms with Crippen molar-refractivity contribution in [3.63, 3.8) is 0 Å². The number of fused-ring (bicyclic) bond motifs is 1. The van der Waals surface area contributed by atoms with Gasteiger partial charge in [0.1, 0.15) is 0 Å². The standard InChI is InChI=1S/C22H19N5O/c1-26-14-18(11-25-26)15-3-5-16(6-4-15)20-12-23-13-21-19(20)9-17(10-24-21)22(28)27-7-2-8-27/h3-6,9-14H,2,7-8H2,1H3. The van der Waals surface area contributed by atoms with Crippen LogP contribution in [0.5, 0.6) is 0 Å². The highest BCUT2D eigenvalue weighted by atomic mass is 16.2. The van der Waals surface area contributed by atoms with Gasteiger partial charge in [-0.05, 0) is 23.6 Å². The zero-order valence-corrected chi connectivity index (χ0v) is 15.5. The van der Waals surface area contributed by atoms with Gasteiger partial charge in [-0.1, -0.05) is 24.3 Å². The molecule has 28 heavy (non-hydrogen) atoms. The van der Waals surface area contributed by atoms with E-state index >= 15 is 0 Å². The molecule has 0 aliphatic carbocycles. The van der Waals surface area contributed by atoms with E-state index in [2.05, 4.69) is 39.3 Å². The van der Waals surface area contributed by atoms with Crippen molar-refractivity contribution >= 4 is 16.8 Å². The number of aryl methyl sites for hydroxylation is 1. The zero-order chi connectivity index (χ0) is 19.1.